The Labute approximate surface area is 169 Å². The zero-order valence-corrected chi connectivity index (χ0v) is 16.3. The van der Waals surface area contributed by atoms with Crippen LogP contribution in [0.25, 0.3) is 0 Å². The van der Waals surface area contributed by atoms with Gasteiger partial charge in [0.15, 0.2) is 0 Å². The third-order valence-corrected chi connectivity index (χ3v) is 6.87. The lowest BCUT2D eigenvalue weighted by Crippen LogP contribution is -2.50. The highest BCUT2D eigenvalue weighted by Crippen LogP contribution is 2.49. The van der Waals surface area contributed by atoms with Gasteiger partial charge in [0.2, 0.25) is 23.7 Å². The average molecular weight is 395 g/mol. The molecule has 6 rings (SSSR count). The van der Waals surface area contributed by atoms with E-state index in [1.807, 2.05) is 4.90 Å². The lowest BCUT2D eigenvalue weighted by atomic mass is 9.63. The number of rotatable bonds is 4. The van der Waals surface area contributed by atoms with Crippen LogP contribution in [0.5, 0.6) is 0 Å². The lowest BCUT2D eigenvalue weighted by molar-refractivity contribution is -0.141. The predicted octanol–water partition coefficient (Wildman–Crippen LogP) is 0.712. The number of nitrogens with zero attached hydrogens (tertiary/aromatic N) is 5. The first-order valence-electron chi connectivity index (χ1n) is 10.5. The van der Waals surface area contributed by atoms with E-state index in [0.29, 0.717) is 32.1 Å². The smallest absolute Gasteiger partial charge is 0.233 e. The highest BCUT2D eigenvalue weighted by molar-refractivity contribution is 6.06. The lowest BCUT2D eigenvalue weighted by Gasteiger charge is -2.38. The Balaban J connectivity index is 1.16. The van der Waals surface area contributed by atoms with Gasteiger partial charge < -0.3 is 9.80 Å². The molecule has 152 valence electrons. The number of carbonyl (C=O) groups excluding carboxylic acids is 3. The van der Waals surface area contributed by atoms with E-state index < -0.39 is 0 Å². The van der Waals surface area contributed by atoms with Gasteiger partial charge in [-0.25, -0.2) is 9.97 Å². The molecule has 2 aliphatic heterocycles. The number of amides is 3. The molecule has 5 aliphatic rings. The van der Waals surface area contributed by atoms with Crippen LogP contribution in [0.1, 0.15) is 19.3 Å². The van der Waals surface area contributed by atoms with Gasteiger partial charge in [-0.3, -0.25) is 19.3 Å². The number of hydrogen-bond acceptors (Lipinski definition) is 6. The standard InChI is InChI=1S/C21H25N5O3/c27-16(24-10-12-25(13-11-24)21-22-7-1-8-23-21)6-9-26-19(28)17-14-2-3-15(5-4-14)18(17)20(26)29/h1-3,7-8,14-15,17-18H,4-6,9-13H2. The van der Waals surface area contributed by atoms with E-state index in [2.05, 4.69) is 27.0 Å². The Kier molecular flexibility index (Phi) is 4.56. The van der Waals surface area contributed by atoms with Crippen molar-refractivity contribution in [3.8, 4) is 0 Å². The van der Waals surface area contributed by atoms with Crippen LogP contribution in [0.15, 0.2) is 30.6 Å². The van der Waals surface area contributed by atoms with Crippen LogP contribution in [0.2, 0.25) is 0 Å². The molecule has 2 bridgehead atoms. The van der Waals surface area contributed by atoms with Crippen LogP contribution >= 0.6 is 0 Å². The molecule has 1 aromatic heterocycles. The summed E-state index contributed by atoms with van der Waals surface area (Å²) in [4.78, 5) is 52.1. The maximum absolute atomic E-state index is 12.9. The largest absolute Gasteiger partial charge is 0.339 e. The fourth-order valence-corrected chi connectivity index (χ4v) is 5.33. The summed E-state index contributed by atoms with van der Waals surface area (Å²) in [5, 5.41) is 0. The van der Waals surface area contributed by atoms with Crippen molar-refractivity contribution in [3.05, 3.63) is 30.6 Å². The fraction of sp³-hybridized carbons (Fsp3) is 0.571. The molecule has 8 nitrogen and oxygen atoms in total. The van der Waals surface area contributed by atoms with Gasteiger partial charge in [-0.1, -0.05) is 12.2 Å². The molecule has 4 atom stereocenters. The monoisotopic (exact) mass is 395 g/mol. The van der Waals surface area contributed by atoms with E-state index in [1.165, 1.54) is 4.90 Å². The average Bonchev–Trinajstić information content (AvgIpc) is 3.05. The van der Waals surface area contributed by atoms with Gasteiger partial charge in [0.1, 0.15) is 0 Å². The molecule has 0 N–H and O–H groups in total. The number of aromatic nitrogens is 2. The Morgan fingerprint density at radius 2 is 1.52 bits per heavy atom. The van der Waals surface area contributed by atoms with Gasteiger partial charge >= 0.3 is 0 Å². The van der Waals surface area contributed by atoms with Crippen molar-refractivity contribution in [1.82, 2.24) is 19.8 Å². The summed E-state index contributed by atoms with van der Waals surface area (Å²) >= 11 is 0. The van der Waals surface area contributed by atoms with Crippen LogP contribution in [0.4, 0.5) is 5.95 Å². The van der Waals surface area contributed by atoms with Gasteiger partial charge in [-0.15, -0.1) is 0 Å². The molecule has 8 heteroatoms. The van der Waals surface area contributed by atoms with E-state index >= 15 is 0 Å². The molecule has 0 spiro atoms. The molecule has 2 saturated heterocycles. The molecule has 0 aromatic carbocycles. The first-order chi connectivity index (χ1) is 14.1. The topological polar surface area (TPSA) is 86.7 Å². The molecule has 3 aliphatic carbocycles. The third kappa shape index (κ3) is 3.10. The molecule has 3 heterocycles. The highest BCUT2D eigenvalue weighted by atomic mass is 16.2. The van der Waals surface area contributed by atoms with Gasteiger partial charge in [-0.05, 0) is 30.7 Å². The van der Waals surface area contributed by atoms with Gasteiger partial charge in [0, 0.05) is 51.5 Å². The van der Waals surface area contributed by atoms with Crippen molar-refractivity contribution in [2.24, 2.45) is 23.7 Å². The number of piperazine rings is 1. The first kappa shape index (κ1) is 18.3. The molecular formula is C21H25N5O3. The van der Waals surface area contributed by atoms with Gasteiger partial charge in [-0.2, -0.15) is 0 Å². The predicted molar refractivity (Wildman–Crippen MR) is 104 cm³/mol. The zero-order valence-electron chi connectivity index (χ0n) is 16.3. The van der Waals surface area contributed by atoms with Crippen LogP contribution < -0.4 is 4.90 Å². The van der Waals surface area contributed by atoms with Crippen molar-refractivity contribution in [2.75, 3.05) is 37.6 Å². The summed E-state index contributed by atoms with van der Waals surface area (Å²) in [6, 6.07) is 1.78. The Morgan fingerprint density at radius 3 is 2.07 bits per heavy atom. The van der Waals surface area contributed by atoms with E-state index in [0.717, 1.165) is 12.8 Å². The van der Waals surface area contributed by atoms with Crippen LogP contribution in [-0.4, -0.2) is 70.2 Å². The van der Waals surface area contributed by atoms with Crippen LogP contribution in [0.3, 0.4) is 0 Å². The van der Waals surface area contributed by atoms with E-state index in [-0.39, 0.29) is 54.4 Å². The zero-order chi connectivity index (χ0) is 20.0. The molecule has 1 saturated carbocycles. The second-order valence-electron chi connectivity index (χ2n) is 8.34. The summed E-state index contributed by atoms with van der Waals surface area (Å²) in [5.74, 6) is 0.516. The molecule has 3 fully saturated rings. The fourth-order valence-electron chi connectivity index (χ4n) is 5.33. The van der Waals surface area contributed by atoms with E-state index in [1.54, 1.807) is 18.5 Å². The maximum Gasteiger partial charge on any atom is 0.233 e. The van der Waals surface area contributed by atoms with Crippen LogP contribution in [0, 0.1) is 23.7 Å². The molecular weight excluding hydrogens is 370 g/mol. The van der Waals surface area contributed by atoms with Crippen molar-refractivity contribution in [3.63, 3.8) is 0 Å². The Bertz CT molecular complexity index is 817. The van der Waals surface area contributed by atoms with Crippen molar-refractivity contribution < 1.29 is 14.4 Å². The maximum atomic E-state index is 12.9. The second-order valence-corrected chi connectivity index (χ2v) is 8.34. The van der Waals surface area contributed by atoms with Crippen molar-refractivity contribution >= 4 is 23.7 Å². The number of imide groups is 1. The normalized spacial score (nSPS) is 30.8. The van der Waals surface area contributed by atoms with E-state index in [9.17, 15) is 14.4 Å². The Morgan fingerprint density at radius 1 is 0.931 bits per heavy atom. The molecule has 0 radical (unpaired) electrons. The third-order valence-electron chi connectivity index (χ3n) is 6.87. The summed E-state index contributed by atoms with van der Waals surface area (Å²) in [6.07, 6.45) is 9.83. The number of fused-ring (bicyclic) bond motifs is 1. The summed E-state index contributed by atoms with van der Waals surface area (Å²) in [6.45, 7) is 2.74. The van der Waals surface area contributed by atoms with Gasteiger partial charge in [0.05, 0.1) is 11.8 Å². The Hall–Kier alpha value is -2.77. The first-order valence-corrected chi connectivity index (χ1v) is 10.5. The number of carbonyl (C=O) groups is 3. The second kappa shape index (κ2) is 7.24. The molecule has 4 unspecified atom stereocenters. The summed E-state index contributed by atoms with van der Waals surface area (Å²) in [5.41, 5.74) is 0. The van der Waals surface area contributed by atoms with Crippen molar-refractivity contribution in [2.45, 2.75) is 19.3 Å². The molecule has 3 amide bonds. The summed E-state index contributed by atoms with van der Waals surface area (Å²) < 4.78 is 0. The quantitative estimate of drug-likeness (QED) is 0.551. The van der Waals surface area contributed by atoms with Crippen LogP contribution in [-0.2, 0) is 14.4 Å². The molecule has 1 aromatic rings. The highest BCUT2D eigenvalue weighted by Gasteiger charge is 2.56. The number of anilines is 1. The van der Waals surface area contributed by atoms with Crippen molar-refractivity contribution in [1.29, 1.82) is 0 Å². The minimum absolute atomic E-state index is 0.00445. The number of hydrogen-bond donors (Lipinski definition) is 0. The minimum atomic E-state index is -0.198. The minimum Gasteiger partial charge on any atom is -0.339 e. The SMILES string of the molecule is O=C(CCN1C(=O)C2C3C=CC(CC3)C2C1=O)N1CCN(c2ncccn2)CC1. The summed E-state index contributed by atoms with van der Waals surface area (Å²) in [7, 11) is 0. The number of allylic oxidation sites excluding steroid dienone is 2. The van der Waals surface area contributed by atoms with E-state index in [4.69, 9.17) is 0 Å². The molecule has 29 heavy (non-hydrogen) atoms. The van der Waals surface area contributed by atoms with Gasteiger partial charge in [0.25, 0.3) is 0 Å². The number of likely N-dealkylation sites (tertiary alicyclic amines) is 1.